The van der Waals surface area contributed by atoms with Gasteiger partial charge in [-0.25, -0.2) is 14.4 Å². The molecule has 0 spiro atoms. The van der Waals surface area contributed by atoms with Gasteiger partial charge in [-0.1, -0.05) is 97.1 Å². The molecular weight excluding hydrogens is 487 g/mol. The third kappa shape index (κ3) is 11.0. The van der Waals surface area contributed by atoms with Crippen molar-refractivity contribution in [3.8, 4) is 34.0 Å². The fourth-order valence-corrected chi connectivity index (χ4v) is 4.45. The third-order valence-corrected chi connectivity index (χ3v) is 7.39. The predicted octanol–water partition coefficient (Wildman–Crippen LogP) is 9.87. The van der Waals surface area contributed by atoms with E-state index in [1.165, 1.54) is 57.8 Å². The Morgan fingerprint density at radius 1 is 0.641 bits per heavy atom. The van der Waals surface area contributed by atoms with Gasteiger partial charge in [0, 0.05) is 23.5 Å². The van der Waals surface area contributed by atoms with Crippen molar-refractivity contribution in [2.24, 2.45) is 5.92 Å². The molecule has 212 valence electrons. The van der Waals surface area contributed by atoms with Gasteiger partial charge < -0.3 is 9.47 Å². The summed E-state index contributed by atoms with van der Waals surface area (Å²) in [5.74, 6) is 2.23. The zero-order chi connectivity index (χ0) is 27.7. The standard InChI is InChI=1S/C34H47FN2O2/c1-4-6-7-8-9-10-11-12-13-14-23-38-31-21-17-29(18-22-31)34-36-24-30(25-37-34)28-15-19-32(20-16-28)39-26-33(35)27(3)5-2/h15-22,24-25,27,33H,4-14,23,26H2,1-3H3. The van der Waals surface area contributed by atoms with Gasteiger partial charge in [0.1, 0.15) is 24.3 Å². The first-order valence-electron chi connectivity index (χ1n) is 15.0. The summed E-state index contributed by atoms with van der Waals surface area (Å²) in [6.07, 6.45) is 16.7. The molecule has 39 heavy (non-hydrogen) atoms. The van der Waals surface area contributed by atoms with Gasteiger partial charge in [-0.2, -0.15) is 0 Å². The Morgan fingerprint density at radius 2 is 1.15 bits per heavy atom. The Kier molecular flexibility index (Phi) is 13.8. The summed E-state index contributed by atoms with van der Waals surface area (Å²) in [6, 6.07) is 15.6. The van der Waals surface area contributed by atoms with Crippen LogP contribution in [0.25, 0.3) is 22.5 Å². The molecule has 2 aromatic carbocycles. The van der Waals surface area contributed by atoms with Crippen LogP contribution in [-0.2, 0) is 0 Å². The molecule has 2 unspecified atom stereocenters. The Labute approximate surface area is 235 Å². The van der Waals surface area contributed by atoms with Crippen molar-refractivity contribution in [2.45, 2.75) is 97.6 Å². The zero-order valence-corrected chi connectivity index (χ0v) is 24.2. The van der Waals surface area contributed by atoms with Crippen LogP contribution in [0.15, 0.2) is 60.9 Å². The van der Waals surface area contributed by atoms with Crippen LogP contribution >= 0.6 is 0 Å². The summed E-state index contributed by atoms with van der Waals surface area (Å²) in [6.45, 7) is 7.00. The maximum absolute atomic E-state index is 14.0. The summed E-state index contributed by atoms with van der Waals surface area (Å²) in [7, 11) is 0. The highest BCUT2D eigenvalue weighted by molar-refractivity contribution is 5.64. The SMILES string of the molecule is CCCCCCCCCCCCOc1ccc(-c2ncc(-c3ccc(OCC(F)C(C)CC)cc3)cn2)cc1. The molecule has 0 fully saturated rings. The van der Waals surface area contributed by atoms with Gasteiger partial charge in [0.2, 0.25) is 0 Å². The number of benzene rings is 2. The molecule has 0 aliphatic rings. The summed E-state index contributed by atoms with van der Waals surface area (Å²) in [5, 5.41) is 0. The maximum atomic E-state index is 14.0. The monoisotopic (exact) mass is 534 g/mol. The van der Waals surface area contributed by atoms with E-state index in [0.717, 1.165) is 41.9 Å². The maximum Gasteiger partial charge on any atom is 0.159 e. The van der Waals surface area contributed by atoms with E-state index < -0.39 is 6.17 Å². The number of aromatic nitrogens is 2. The number of rotatable bonds is 19. The molecule has 0 aliphatic heterocycles. The van der Waals surface area contributed by atoms with E-state index in [4.69, 9.17) is 9.47 Å². The van der Waals surface area contributed by atoms with Crippen LogP contribution in [-0.4, -0.2) is 29.4 Å². The van der Waals surface area contributed by atoms with Crippen molar-refractivity contribution in [1.29, 1.82) is 0 Å². The third-order valence-electron chi connectivity index (χ3n) is 7.39. The van der Waals surface area contributed by atoms with Crippen molar-refractivity contribution in [1.82, 2.24) is 9.97 Å². The van der Waals surface area contributed by atoms with Crippen LogP contribution < -0.4 is 9.47 Å². The van der Waals surface area contributed by atoms with Crippen molar-refractivity contribution < 1.29 is 13.9 Å². The quantitative estimate of drug-likeness (QED) is 0.144. The Bertz CT molecular complexity index is 1040. The molecular formula is C34H47FN2O2. The Balaban J connectivity index is 1.37. The molecule has 0 radical (unpaired) electrons. The van der Waals surface area contributed by atoms with Crippen LogP contribution in [0.1, 0.15) is 91.4 Å². The minimum atomic E-state index is -0.958. The predicted molar refractivity (Wildman–Crippen MR) is 160 cm³/mol. The number of halogens is 1. The zero-order valence-electron chi connectivity index (χ0n) is 24.2. The Hall–Kier alpha value is -2.95. The molecule has 0 saturated heterocycles. The van der Waals surface area contributed by atoms with Crippen molar-refractivity contribution in [3.05, 3.63) is 60.9 Å². The van der Waals surface area contributed by atoms with Crippen LogP contribution in [0.2, 0.25) is 0 Å². The smallest absolute Gasteiger partial charge is 0.159 e. The van der Waals surface area contributed by atoms with E-state index >= 15 is 0 Å². The average molecular weight is 535 g/mol. The van der Waals surface area contributed by atoms with Gasteiger partial charge in [-0.15, -0.1) is 0 Å². The van der Waals surface area contributed by atoms with Crippen molar-refractivity contribution >= 4 is 0 Å². The molecule has 3 aromatic rings. The normalized spacial score (nSPS) is 12.7. The van der Waals surface area contributed by atoms with E-state index in [0.29, 0.717) is 11.6 Å². The van der Waals surface area contributed by atoms with Gasteiger partial charge in [-0.3, -0.25) is 0 Å². The first kappa shape index (κ1) is 30.6. The van der Waals surface area contributed by atoms with Gasteiger partial charge >= 0.3 is 0 Å². The van der Waals surface area contributed by atoms with Crippen LogP contribution in [0.5, 0.6) is 11.5 Å². The van der Waals surface area contributed by atoms with Gasteiger partial charge in [0.15, 0.2) is 5.82 Å². The number of alkyl halides is 1. The van der Waals surface area contributed by atoms with Crippen molar-refractivity contribution in [2.75, 3.05) is 13.2 Å². The molecule has 4 nitrogen and oxygen atoms in total. The lowest BCUT2D eigenvalue weighted by molar-refractivity contribution is 0.145. The number of ether oxygens (including phenoxy) is 2. The van der Waals surface area contributed by atoms with E-state index in [2.05, 4.69) is 16.9 Å². The minimum Gasteiger partial charge on any atom is -0.494 e. The first-order chi connectivity index (χ1) is 19.1. The lowest BCUT2D eigenvalue weighted by Gasteiger charge is -2.15. The summed E-state index contributed by atoms with van der Waals surface area (Å²) in [4.78, 5) is 9.13. The van der Waals surface area contributed by atoms with E-state index in [-0.39, 0.29) is 12.5 Å². The highest BCUT2D eigenvalue weighted by Gasteiger charge is 2.15. The largest absolute Gasteiger partial charge is 0.494 e. The number of hydrogen-bond acceptors (Lipinski definition) is 4. The van der Waals surface area contributed by atoms with E-state index in [1.54, 1.807) is 0 Å². The molecule has 5 heteroatoms. The summed E-state index contributed by atoms with van der Waals surface area (Å²) < 4.78 is 25.6. The summed E-state index contributed by atoms with van der Waals surface area (Å²) >= 11 is 0. The van der Waals surface area contributed by atoms with Gasteiger partial charge in [0.25, 0.3) is 0 Å². The first-order valence-corrected chi connectivity index (χ1v) is 15.0. The summed E-state index contributed by atoms with van der Waals surface area (Å²) in [5.41, 5.74) is 2.87. The lowest BCUT2D eigenvalue weighted by atomic mass is 10.0. The minimum absolute atomic E-state index is 0.00182. The molecule has 0 bridgehead atoms. The number of unbranched alkanes of at least 4 members (excludes halogenated alkanes) is 9. The van der Waals surface area contributed by atoms with Crippen LogP contribution in [0.4, 0.5) is 4.39 Å². The number of hydrogen-bond donors (Lipinski definition) is 0. The fraction of sp³-hybridized carbons (Fsp3) is 0.529. The molecule has 3 rings (SSSR count). The molecule has 1 aromatic heterocycles. The van der Waals surface area contributed by atoms with Gasteiger partial charge in [-0.05, 0) is 54.3 Å². The molecule has 1 heterocycles. The molecule has 2 atom stereocenters. The van der Waals surface area contributed by atoms with Crippen LogP contribution in [0.3, 0.4) is 0 Å². The highest BCUT2D eigenvalue weighted by Crippen LogP contribution is 2.25. The fourth-order valence-electron chi connectivity index (χ4n) is 4.45. The Morgan fingerprint density at radius 3 is 1.72 bits per heavy atom. The second-order valence-electron chi connectivity index (χ2n) is 10.6. The van der Waals surface area contributed by atoms with E-state index in [9.17, 15) is 4.39 Å². The van der Waals surface area contributed by atoms with Crippen molar-refractivity contribution in [3.63, 3.8) is 0 Å². The van der Waals surface area contributed by atoms with Crippen LogP contribution in [0, 0.1) is 5.92 Å². The molecule has 0 saturated carbocycles. The second kappa shape index (κ2) is 17.6. The topological polar surface area (TPSA) is 44.2 Å². The van der Waals surface area contributed by atoms with E-state index in [1.807, 2.05) is 74.8 Å². The molecule has 0 amide bonds. The number of nitrogens with zero attached hydrogens (tertiary/aromatic N) is 2. The van der Waals surface area contributed by atoms with Gasteiger partial charge in [0.05, 0.1) is 6.61 Å². The highest BCUT2D eigenvalue weighted by atomic mass is 19.1. The lowest BCUT2D eigenvalue weighted by Crippen LogP contribution is -2.20. The average Bonchev–Trinajstić information content (AvgIpc) is 2.99. The molecule has 0 aliphatic carbocycles. The molecule has 0 N–H and O–H groups in total. The second-order valence-corrected chi connectivity index (χ2v) is 10.6.